The number of rotatable bonds is 5. The number of nitrogens with zero attached hydrogens (tertiary/aromatic N) is 2. The number of hydrogen-bond donors (Lipinski definition) is 4. The Balaban J connectivity index is 1.50. The van der Waals surface area contributed by atoms with Crippen LogP contribution in [-0.2, 0) is 32.0 Å². The molecule has 196 valence electrons. The fraction of sp³-hybridized carbons (Fsp3) is 0.407. The normalized spacial score (nSPS) is 29.5. The Kier molecular flexibility index (Phi) is 7.02. The van der Waals surface area contributed by atoms with Crippen molar-refractivity contribution in [1.29, 1.82) is 0 Å². The molecule has 0 aliphatic carbocycles. The van der Waals surface area contributed by atoms with Crippen LogP contribution in [0.15, 0.2) is 60.0 Å². The summed E-state index contributed by atoms with van der Waals surface area (Å²) in [5.41, 5.74) is 4.92. The van der Waals surface area contributed by atoms with Crippen LogP contribution in [0.25, 0.3) is 22.2 Å². The van der Waals surface area contributed by atoms with Crippen molar-refractivity contribution in [2.45, 2.75) is 50.6 Å². The molecule has 0 amide bonds. The van der Waals surface area contributed by atoms with Crippen LogP contribution >= 0.6 is 0 Å². The monoisotopic (exact) mass is 510 g/mol. The lowest BCUT2D eigenvalue weighted by Gasteiger charge is -2.39. The minimum absolute atomic E-state index is 0.201. The molecule has 0 aromatic heterocycles. The number of carbonyl (C=O) groups excluding carboxylic acids is 1. The van der Waals surface area contributed by atoms with Gasteiger partial charge in [-0.3, -0.25) is 0 Å². The summed E-state index contributed by atoms with van der Waals surface area (Å²) in [6.07, 6.45) is -1.66. The summed E-state index contributed by atoms with van der Waals surface area (Å²) < 4.78 is 18.2. The van der Waals surface area contributed by atoms with E-state index in [1.807, 2.05) is 43.5 Å². The Hall–Kier alpha value is -3.28. The molecule has 0 radical (unpaired) electrons. The molecule has 0 saturated carbocycles. The standard InChI is InChI=1S/C27H30N2O8/c1-3-14-11-29-9-8-16-15-6-4-5-7-19(15)28-22(16)20(29)10-17(14)18(26(34)35-2)13-36-27-25(33)24(32)23(31)21(12-30)37-27/h3-9,13,17,21,23-25,27,30-33H,10-12H2,1-2H3/b14-3-,18-13+/t17-,21+,23+,24-,25+,27+/m0/s1. The average molecular weight is 511 g/mol. The van der Waals surface area contributed by atoms with Gasteiger partial charge < -0.3 is 39.2 Å². The summed E-state index contributed by atoms with van der Waals surface area (Å²) >= 11 is 0. The highest BCUT2D eigenvalue weighted by molar-refractivity contribution is 5.98. The average Bonchev–Trinajstić information content (AvgIpc) is 3.31. The maximum atomic E-state index is 12.9. The lowest BCUT2D eigenvalue weighted by molar-refractivity contribution is -0.288. The molecule has 1 fully saturated rings. The first-order valence-electron chi connectivity index (χ1n) is 12.1. The van der Waals surface area contributed by atoms with Crippen molar-refractivity contribution in [2.75, 3.05) is 13.7 Å². The first-order valence-corrected chi connectivity index (χ1v) is 12.1. The molecule has 1 saturated heterocycles. The minimum Gasteiger partial charge on any atom is -0.469 e. The Labute approximate surface area is 213 Å². The Morgan fingerprint density at radius 3 is 2.70 bits per heavy atom. The number of fused-ring (bicyclic) bond motifs is 5. The molecule has 5 rings (SSSR count). The van der Waals surface area contributed by atoms with E-state index in [-0.39, 0.29) is 5.57 Å². The third-order valence-corrected chi connectivity index (χ3v) is 7.27. The number of carbonyl (C=O) groups is 1. The van der Waals surface area contributed by atoms with E-state index >= 15 is 0 Å². The van der Waals surface area contributed by atoms with Gasteiger partial charge in [-0.05, 0) is 24.6 Å². The summed E-state index contributed by atoms with van der Waals surface area (Å²) in [7, 11) is 1.27. The number of esters is 1. The van der Waals surface area contributed by atoms with Crippen molar-refractivity contribution in [3.63, 3.8) is 0 Å². The molecule has 1 aromatic carbocycles. The molecule has 10 heteroatoms. The van der Waals surface area contributed by atoms with Crippen molar-refractivity contribution >= 4 is 16.9 Å². The van der Waals surface area contributed by atoms with Crippen LogP contribution in [-0.4, -0.2) is 80.4 Å². The highest BCUT2D eigenvalue weighted by atomic mass is 16.7. The van der Waals surface area contributed by atoms with Crippen LogP contribution in [0.4, 0.5) is 0 Å². The van der Waals surface area contributed by atoms with Gasteiger partial charge in [0.25, 0.3) is 0 Å². The van der Waals surface area contributed by atoms with Gasteiger partial charge in [-0.25, -0.2) is 9.78 Å². The SMILES string of the molecule is C/C=C1/Cn2ccc3c4ccccc4nc-3c2C[C@@H]1/C(=C\O[C@@H]1O[C@H](CO)[C@@H](O)[C@H](O)[C@H]1O)C(=O)OC. The molecule has 1 aromatic rings. The van der Waals surface area contributed by atoms with E-state index in [4.69, 9.17) is 19.2 Å². The summed E-state index contributed by atoms with van der Waals surface area (Å²) in [5, 5.41) is 41.0. The maximum Gasteiger partial charge on any atom is 0.337 e. The maximum absolute atomic E-state index is 12.9. The lowest BCUT2D eigenvalue weighted by Crippen LogP contribution is -2.58. The molecule has 4 aliphatic rings. The van der Waals surface area contributed by atoms with E-state index in [1.165, 1.54) is 13.4 Å². The van der Waals surface area contributed by atoms with Crippen molar-refractivity contribution < 1.29 is 39.4 Å². The van der Waals surface area contributed by atoms with E-state index in [9.17, 15) is 25.2 Å². The van der Waals surface area contributed by atoms with Gasteiger partial charge in [-0.15, -0.1) is 0 Å². The number of hydrogen-bond acceptors (Lipinski definition) is 9. The first-order chi connectivity index (χ1) is 17.9. The third kappa shape index (κ3) is 4.41. The number of pyridine rings is 1. The molecule has 0 bridgehead atoms. The molecule has 0 unspecified atom stereocenters. The minimum atomic E-state index is -1.60. The molecule has 0 spiro atoms. The van der Waals surface area contributed by atoms with Gasteiger partial charge in [0, 0.05) is 41.7 Å². The summed E-state index contributed by atoms with van der Waals surface area (Å²) in [6.45, 7) is 1.84. The quantitative estimate of drug-likeness (QED) is 0.172. The highest BCUT2D eigenvalue weighted by Gasteiger charge is 2.44. The number of ether oxygens (including phenoxy) is 3. The van der Waals surface area contributed by atoms with Crippen LogP contribution in [0.1, 0.15) is 12.6 Å². The van der Waals surface area contributed by atoms with E-state index in [0.29, 0.717) is 13.0 Å². The largest absolute Gasteiger partial charge is 0.469 e. The van der Waals surface area contributed by atoms with E-state index < -0.39 is 49.2 Å². The third-order valence-electron chi connectivity index (χ3n) is 7.27. The van der Waals surface area contributed by atoms with Gasteiger partial charge in [-0.1, -0.05) is 24.3 Å². The van der Waals surface area contributed by atoms with Crippen molar-refractivity contribution in [1.82, 2.24) is 9.55 Å². The number of aliphatic hydroxyl groups is 4. The van der Waals surface area contributed by atoms with E-state index in [0.717, 1.165) is 33.4 Å². The molecule has 4 N–H and O–H groups in total. The van der Waals surface area contributed by atoms with Crippen molar-refractivity contribution in [2.24, 2.45) is 5.92 Å². The van der Waals surface area contributed by atoms with Crippen LogP contribution in [0.5, 0.6) is 0 Å². The number of para-hydroxylation sites is 1. The van der Waals surface area contributed by atoms with Gasteiger partial charge in [-0.2, -0.15) is 0 Å². The molecule has 4 heterocycles. The fourth-order valence-corrected chi connectivity index (χ4v) is 5.19. The second-order valence-corrected chi connectivity index (χ2v) is 9.30. The summed E-state index contributed by atoms with van der Waals surface area (Å²) in [6, 6.07) is 9.99. The van der Waals surface area contributed by atoms with Gasteiger partial charge in [0.2, 0.25) is 6.29 Å². The van der Waals surface area contributed by atoms with Gasteiger partial charge in [0.05, 0.1) is 36.8 Å². The zero-order chi connectivity index (χ0) is 26.3. The number of methoxy groups -OCH3 is 1. The van der Waals surface area contributed by atoms with Crippen molar-refractivity contribution in [3.05, 3.63) is 65.7 Å². The molecule has 4 aliphatic heterocycles. The Morgan fingerprint density at radius 2 is 1.97 bits per heavy atom. The molecular weight excluding hydrogens is 480 g/mol. The zero-order valence-corrected chi connectivity index (χ0v) is 20.5. The van der Waals surface area contributed by atoms with Gasteiger partial charge in [0.1, 0.15) is 24.4 Å². The second kappa shape index (κ2) is 10.2. The number of aromatic nitrogens is 2. The topological polar surface area (TPSA) is 144 Å². The van der Waals surface area contributed by atoms with Crippen LogP contribution in [0.2, 0.25) is 0 Å². The van der Waals surface area contributed by atoms with Gasteiger partial charge >= 0.3 is 5.97 Å². The van der Waals surface area contributed by atoms with Crippen LogP contribution in [0, 0.1) is 5.92 Å². The smallest absolute Gasteiger partial charge is 0.337 e. The number of allylic oxidation sites excluding steroid dienone is 2. The Bertz CT molecular complexity index is 1330. The first kappa shape index (κ1) is 25.4. The molecule has 10 nitrogen and oxygen atoms in total. The number of aliphatic hydroxyl groups excluding tert-OH is 4. The zero-order valence-electron chi connectivity index (χ0n) is 20.5. The van der Waals surface area contributed by atoms with Crippen LogP contribution in [0.3, 0.4) is 0 Å². The highest BCUT2D eigenvalue weighted by Crippen LogP contribution is 2.40. The second-order valence-electron chi connectivity index (χ2n) is 9.30. The predicted octanol–water partition coefficient (Wildman–Crippen LogP) is 1.13. The van der Waals surface area contributed by atoms with Crippen LogP contribution < -0.4 is 0 Å². The Morgan fingerprint density at radius 1 is 1.19 bits per heavy atom. The number of benzene rings is 1. The van der Waals surface area contributed by atoms with E-state index in [1.54, 1.807) is 0 Å². The fourth-order valence-electron chi connectivity index (χ4n) is 5.19. The molecule has 37 heavy (non-hydrogen) atoms. The predicted molar refractivity (Wildman–Crippen MR) is 132 cm³/mol. The molecular formula is C27H30N2O8. The summed E-state index contributed by atoms with van der Waals surface area (Å²) in [4.78, 5) is 17.8. The summed E-state index contributed by atoms with van der Waals surface area (Å²) in [5.74, 6) is -1.03. The lowest BCUT2D eigenvalue weighted by atomic mass is 9.83. The van der Waals surface area contributed by atoms with Crippen molar-refractivity contribution in [3.8, 4) is 11.3 Å². The van der Waals surface area contributed by atoms with E-state index in [2.05, 4.69) is 10.6 Å². The van der Waals surface area contributed by atoms with Gasteiger partial charge in [0.15, 0.2) is 0 Å². The molecule has 6 atom stereocenters.